The van der Waals surface area contributed by atoms with Crippen molar-refractivity contribution in [1.29, 1.82) is 0 Å². The highest BCUT2D eigenvalue weighted by Gasteiger charge is 2.04. The molecular formula is C22H37N. The predicted molar refractivity (Wildman–Crippen MR) is 105 cm³/mol. The zero-order chi connectivity index (χ0) is 16.9. The first kappa shape index (κ1) is 20.0. The van der Waals surface area contributed by atoms with E-state index >= 15 is 0 Å². The summed E-state index contributed by atoms with van der Waals surface area (Å²) in [7, 11) is 0. The van der Waals surface area contributed by atoms with Crippen LogP contribution in [0.15, 0.2) is 24.8 Å². The van der Waals surface area contributed by atoms with Crippen molar-refractivity contribution in [3.8, 4) is 0 Å². The third-order valence-corrected chi connectivity index (χ3v) is 4.54. The molecule has 0 radical (unpaired) electrons. The molecule has 0 unspecified atom stereocenters. The summed E-state index contributed by atoms with van der Waals surface area (Å²) in [6, 6.07) is 6.85. The molecule has 130 valence electrons. The summed E-state index contributed by atoms with van der Waals surface area (Å²) < 4.78 is 0. The van der Waals surface area contributed by atoms with Crippen LogP contribution in [0.2, 0.25) is 0 Å². The third-order valence-electron chi connectivity index (χ3n) is 4.54. The van der Waals surface area contributed by atoms with Crippen LogP contribution in [0, 0.1) is 6.92 Å². The Morgan fingerprint density at radius 2 is 1.65 bits per heavy atom. The lowest BCUT2D eigenvalue weighted by molar-refractivity contribution is 0.613. The van der Waals surface area contributed by atoms with Crippen molar-refractivity contribution in [1.82, 2.24) is 5.32 Å². The number of unbranched alkanes of at least 4 members (excludes halogenated alkanes) is 6. The molecule has 0 saturated heterocycles. The molecule has 0 aliphatic rings. The van der Waals surface area contributed by atoms with Crippen molar-refractivity contribution >= 4 is 5.57 Å². The van der Waals surface area contributed by atoms with Crippen LogP contribution in [-0.2, 0) is 6.54 Å². The van der Waals surface area contributed by atoms with E-state index in [9.17, 15) is 0 Å². The Morgan fingerprint density at radius 1 is 0.957 bits per heavy atom. The van der Waals surface area contributed by atoms with Gasteiger partial charge in [0.05, 0.1) is 0 Å². The monoisotopic (exact) mass is 315 g/mol. The van der Waals surface area contributed by atoms with Gasteiger partial charge in [-0.05, 0) is 55.0 Å². The molecular weight excluding hydrogens is 278 g/mol. The Morgan fingerprint density at radius 3 is 2.35 bits per heavy atom. The molecule has 0 saturated carbocycles. The van der Waals surface area contributed by atoms with Crippen molar-refractivity contribution in [2.45, 2.75) is 85.1 Å². The van der Waals surface area contributed by atoms with Gasteiger partial charge in [0.2, 0.25) is 0 Å². The minimum Gasteiger partial charge on any atom is -0.313 e. The molecule has 0 bridgehead atoms. The van der Waals surface area contributed by atoms with Crippen molar-refractivity contribution < 1.29 is 0 Å². The largest absolute Gasteiger partial charge is 0.313 e. The van der Waals surface area contributed by atoms with E-state index in [-0.39, 0.29) is 0 Å². The molecule has 1 aromatic rings. The fourth-order valence-corrected chi connectivity index (χ4v) is 3.02. The van der Waals surface area contributed by atoms with Crippen LogP contribution in [0.1, 0.15) is 88.3 Å². The first-order valence-corrected chi connectivity index (χ1v) is 9.67. The second-order valence-corrected chi connectivity index (χ2v) is 6.80. The lowest BCUT2D eigenvalue weighted by atomic mass is 9.95. The Bertz CT molecular complexity index is 447. The van der Waals surface area contributed by atoms with Gasteiger partial charge >= 0.3 is 0 Å². The van der Waals surface area contributed by atoms with Crippen molar-refractivity contribution in [2.24, 2.45) is 0 Å². The van der Waals surface area contributed by atoms with Crippen LogP contribution in [0.4, 0.5) is 0 Å². The van der Waals surface area contributed by atoms with Crippen LogP contribution >= 0.6 is 0 Å². The highest BCUT2D eigenvalue weighted by Crippen LogP contribution is 2.24. The number of benzene rings is 1. The minimum atomic E-state index is 0.977. The maximum Gasteiger partial charge on any atom is 0.0205 e. The Labute approximate surface area is 144 Å². The molecule has 0 spiro atoms. The summed E-state index contributed by atoms with van der Waals surface area (Å²) in [5.41, 5.74) is 5.42. The predicted octanol–water partition coefficient (Wildman–Crippen LogP) is 6.65. The van der Waals surface area contributed by atoms with Gasteiger partial charge in [0.1, 0.15) is 0 Å². The summed E-state index contributed by atoms with van der Waals surface area (Å²) in [6.45, 7) is 13.1. The summed E-state index contributed by atoms with van der Waals surface area (Å²) >= 11 is 0. The molecule has 0 amide bonds. The molecule has 1 aromatic carbocycles. The van der Waals surface area contributed by atoms with E-state index in [1.165, 1.54) is 73.6 Å². The summed E-state index contributed by atoms with van der Waals surface area (Å²) in [6.07, 6.45) is 11.7. The zero-order valence-corrected chi connectivity index (χ0v) is 15.7. The maximum absolute atomic E-state index is 4.32. The molecule has 0 atom stereocenters. The number of allylic oxidation sites excluding steroid dienone is 1. The van der Waals surface area contributed by atoms with Crippen LogP contribution in [0.25, 0.3) is 5.57 Å². The van der Waals surface area contributed by atoms with Gasteiger partial charge in [-0.1, -0.05) is 77.2 Å². The SMILES string of the molecule is C=C(CCCCCCCC)c1ccc(CNCCCC)cc1C. The Kier molecular flexibility index (Phi) is 10.7. The second kappa shape index (κ2) is 12.4. The lowest BCUT2D eigenvalue weighted by Gasteiger charge is -2.12. The van der Waals surface area contributed by atoms with E-state index in [0.717, 1.165) is 19.5 Å². The first-order chi connectivity index (χ1) is 11.2. The zero-order valence-electron chi connectivity index (χ0n) is 15.7. The van der Waals surface area contributed by atoms with Gasteiger partial charge in [-0.15, -0.1) is 0 Å². The quantitative estimate of drug-likeness (QED) is 0.402. The standard InChI is InChI=1S/C22H37N/c1-5-7-9-10-11-12-13-19(3)22-15-14-21(17-20(22)4)18-23-16-8-6-2/h14-15,17,23H,3,5-13,16,18H2,1-2,4H3. The number of rotatable bonds is 13. The van der Waals surface area contributed by atoms with Gasteiger partial charge in [0.15, 0.2) is 0 Å². The average Bonchev–Trinajstić information content (AvgIpc) is 2.55. The van der Waals surface area contributed by atoms with Gasteiger partial charge in [0.25, 0.3) is 0 Å². The number of hydrogen-bond donors (Lipinski definition) is 1. The minimum absolute atomic E-state index is 0.977. The Balaban J connectivity index is 2.36. The molecule has 1 heteroatoms. The smallest absolute Gasteiger partial charge is 0.0205 e. The number of nitrogens with one attached hydrogen (secondary N) is 1. The van der Waals surface area contributed by atoms with Crippen LogP contribution < -0.4 is 5.32 Å². The number of hydrogen-bond acceptors (Lipinski definition) is 1. The molecule has 1 N–H and O–H groups in total. The van der Waals surface area contributed by atoms with Crippen molar-refractivity contribution in [3.05, 3.63) is 41.5 Å². The van der Waals surface area contributed by atoms with E-state index < -0.39 is 0 Å². The fourth-order valence-electron chi connectivity index (χ4n) is 3.02. The third kappa shape index (κ3) is 8.37. The molecule has 1 nitrogen and oxygen atoms in total. The van der Waals surface area contributed by atoms with Crippen molar-refractivity contribution in [3.63, 3.8) is 0 Å². The second-order valence-electron chi connectivity index (χ2n) is 6.80. The van der Waals surface area contributed by atoms with Gasteiger partial charge < -0.3 is 5.32 Å². The van der Waals surface area contributed by atoms with Gasteiger partial charge in [-0.2, -0.15) is 0 Å². The normalized spacial score (nSPS) is 10.9. The van der Waals surface area contributed by atoms with E-state index in [4.69, 9.17) is 0 Å². The topological polar surface area (TPSA) is 12.0 Å². The summed E-state index contributed by atoms with van der Waals surface area (Å²) in [5.74, 6) is 0. The van der Waals surface area contributed by atoms with E-state index in [1.54, 1.807) is 0 Å². The van der Waals surface area contributed by atoms with Gasteiger partial charge in [0, 0.05) is 6.54 Å². The molecule has 1 rings (SSSR count). The molecule has 23 heavy (non-hydrogen) atoms. The van der Waals surface area contributed by atoms with Crippen LogP contribution in [0.5, 0.6) is 0 Å². The first-order valence-electron chi connectivity index (χ1n) is 9.67. The molecule has 0 aromatic heterocycles. The summed E-state index contributed by atoms with van der Waals surface area (Å²) in [5, 5.41) is 3.51. The molecule has 0 aliphatic carbocycles. The van der Waals surface area contributed by atoms with Gasteiger partial charge in [-0.3, -0.25) is 0 Å². The van der Waals surface area contributed by atoms with Crippen LogP contribution in [0.3, 0.4) is 0 Å². The number of aryl methyl sites for hydroxylation is 1. The average molecular weight is 316 g/mol. The van der Waals surface area contributed by atoms with E-state index in [1.807, 2.05) is 0 Å². The maximum atomic E-state index is 4.32. The molecule has 0 aliphatic heterocycles. The van der Waals surface area contributed by atoms with E-state index in [2.05, 4.69) is 50.9 Å². The fraction of sp³-hybridized carbons (Fsp3) is 0.636. The summed E-state index contributed by atoms with van der Waals surface area (Å²) in [4.78, 5) is 0. The highest BCUT2D eigenvalue weighted by atomic mass is 14.8. The van der Waals surface area contributed by atoms with Gasteiger partial charge in [-0.25, -0.2) is 0 Å². The Hall–Kier alpha value is -1.08. The van der Waals surface area contributed by atoms with Crippen LogP contribution in [-0.4, -0.2) is 6.54 Å². The molecule has 0 heterocycles. The lowest BCUT2D eigenvalue weighted by Crippen LogP contribution is -2.14. The van der Waals surface area contributed by atoms with Crippen molar-refractivity contribution in [2.75, 3.05) is 6.54 Å². The van der Waals surface area contributed by atoms with E-state index in [0.29, 0.717) is 0 Å². The molecule has 0 fully saturated rings. The highest BCUT2D eigenvalue weighted by molar-refractivity contribution is 5.66.